The molecule has 0 radical (unpaired) electrons. The molecule has 2 aliphatic rings. The number of carbonyl (C=O) groups is 1. The van der Waals surface area contributed by atoms with E-state index >= 15 is 0 Å². The van der Waals surface area contributed by atoms with Crippen LogP contribution in [0.1, 0.15) is 18.6 Å². The molecule has 7 heteroatoms. The third-order valence-corrected chi connectivity index (χ3v) is 4.83. The highest BCUT2D eigenvalue weighted by Gasteiger charge is 2.44. The Kier molecular flexibility index (Phi) is 6.11. The number of hydrogen-bond acceptors (Lipinski definition) is 6. The van der Waals surface area contributed by atoms with Crippen LogP contribution in [0.4, 0.5) is 0 Å². The number of nitrogens with zero attached hydrogens (tertiary/aromatic N) is 2. The zero-order chi connectivity index (χ0) is 17.7. The van der Waals surface area contributed by atoms with Gasteiger partial charge in [-0.15, -0.1) is 0 Å². The first kappa shape index (κ1) is 18.4. The second kappa shape index (κ2) is 8.31. The van der Waals surface area contributed by atoms with Crippen molar-refractivity contribution in [2.75, 3.05) is 53.6 Å². The number of furan rings is 1. The van der Waals surface area contributed by atoms with Crippen LogP contribution in [0.3, 0.4) is 0 Å². The van der Waals surface area contributed by atoms with Gasteiger partial charge in [0, 0.05) is 20.2 Å². The van der Waals surface area contributed by atoms with Crippen molar-refractivity contribution in [1.29, 1.82) is 0 Å². The molecule has 1 amide bonds. The molecule has 1 aromatic rings. The first-order chi connectivity index (χ1) is 12.1. The van der Waals surface area contributed by atoms with Crippen molar-refractivity contribution in [2.45, 2.75) is 31.1 Å². The summed E-state index contributed by atoms with van der Waals surface area (Å²) in [7, 11) is 3.60. The van der Waals surface area contributed by atoms with E-state index in [4.69, 9.17) is 18.6 Å². The molecule has 0 N–H and O–H groups in total. The van der Waals surface area contributed by atoms with Gasteiger partial charge >= 0.3 is 0 Å². The highest BCUT2D eigenvalue weighted by Crippen LogP contribution is 2.33. The van der Waals surface area contributed by atoms with Crippen molar-refractivity contribution in [1.82, 2.24) is 9.80 Å². The van der Waals surface area contributed by atoms with Gasteiger partial charge in [0.1, 0.15) is 18.0 Å². The van der Waals surface area contributed by atoms with E-state index in [1.54, 1.807) is 13.4 Å². The van der Waals surface area contributed by atoms with Gasteiger partial charge in [-0.25, -0.2) is 0 Å². The molecule has 140 valence electrons. The average Bonchev–Trinajstić information content (AvgIpc) is 3.15. The van der Waals surface area contributed by atoms with Crippen molar-refractivity contribution in [2.24, 2.45) is 0 Å². The summed E-state index contributed by atoms with van der Waals surface area (Å²) < 4.78 is 22.5. The Hall–Kier alpha value is -1.41. The quantitative estimate of drug-likeness (QED) is 0.765. The Balaban J connectivity index is 1.55. The molecule has 1 spiro atoms. The fraction of sp³-hybridized carbons (Fsp3) is 0.722. The van der Waals surface area contributed by atoms with Crippen LogP contribution in [-0.4, -0.2) is 81.0 Å². The van der Waals surface area contributed by atoms with E-state index in [0.717, 1.165) is 31.7 Å². The van der Waals surface area contributed by atoms with E-state index in [2.05, 4.69) is 11.9 Å². The summed E-state index contributed by atoms with van der Waals surface area (Å²) in [5, 5.41) is 0. The van der Waals surface area contributed by atoms with Crippen LogP contribution in [0.2, 0.25) is 0 Å². The number of methoxy groups -OCH3 is 1. The minimum atomic E-state index is -0.393. The molecule has 2 aliphatic heterocycles. The normalized spacial score (nSPS) is 27.2. The van der Waals surface area contributed by atoms with E-state index in [1.165, 1.54) is 0 Å². The molecular weight excluding hydrogens is 324 g/mol. The molecule has 3 rings (SSSR count). The summed E-state index contributed by atoms with van der Waals surface area (Å²) >= 11 is 0. The van der Waals surface area contributed by atoms with Crippen molar-refractivity contribution >= 4 is 5.91 Å². The third kappa shape index (κ3) is 4.82. The van der Waals surface area contributed by atoms with Gasteiger partial charge in [0.15, 0.2) is 0 Å². The van der Waals surface area contributed by atoms with Gasteiger partial charge in [0.05, 0.1) is 38.7 Å². The molecule has 7 nitrogen and oxygen atoms in total. The molecule has 0 unspecified atom stereocenters. The maximum absolute atomic E-state index is 12.2. The monoisotopic (exact) mass is 352 g/mol. The Labute approximate surface area is 148 Å². The van der Waals surface area contributed by atoms with E-state index in [-0.39, 0.29) is 18.6 Å². The maximum Gasteiger partial charge on any atom is 0.248 e. The molecule has 0 bridgehead atoms. The molecule has 0 aliphatic carbocycles. The third-order valence-electron chi connectivity index (χ3n) is 4.83. The summed E-state index contributed by atoms with van der Waals surface area (Å²) in [6.45, 7) is 3.95. The van der Waals surface area contributed by atoms with Gasteiger partial charge in [0.2, 0.25) is 5.91 Å². The first-order valence-electron chi connectivity index (χ1n) is 8.83. The summed E-state index contributed by atoms with van der Waals surface area (Å²) in [6, 6.07) is 3.88. The molecule has 2 fully saturated rings. The predicted molar refractivity (Wildman–Crippen MR) is 91.2 cm³/mol. The molecular formula is C18H28N2O5. The van der Waals surface area contributed by atoms with Gasteiger partial charge in [0.25, 0.3) is 0 Å². The van der Waals surface area contributed by atoms with Gasteiger partial charge in [-0.3, -0.25) is 9.69 Å². The zero-order valence-electron chi connectivity index (χ0n) is 15.1. The second-order valence-corrected chi connectivity index (χ2v) is 7.04. The largest absolute Gasteiger partial charge is 0.468 e. The van der Waals surface area contributed by atoms with E-state index < -0.39 is 5.60 Å². The highest BCUT2D eigenvalue weighted by molar-refractivity contribution is 5.77. The molecule has 1 aromatic heterocycles. The van der Waals surface area contributed by atoms with Crippen LogP contribution in [0.15, 0.2) is 22.8 Å². The van der Waals surface area contributed by atoms with Gasteiger partial charge < -0.3 is 23.5 Å². The Morgan fingerprint density at radius 2 is 2.40 bits per heavy atom. The van der Waals surface area contributed by atoms with Crippen LogP contribution >= 0.6 is 0 Å². The standard InChI is InChI=1S/C18H28N2O5/c1-19(10-15-4-3-8-24-15)11-16-5-6-18(25-16)13-20(7-9-23-14-18)17(21)12-22-2/h3-4,8,16H,5-7,9-14H2,1-2H3/t16-,18+/m0/s1. The molecule has 2 atom stereocenters. The second-order valence-electron chi connectivity index (χ2n) is 7.04. The lowest BCUT2D eigenvalue weighted by molar-refractivity contribution is -0.140. The summed E-state index contributed by atoms with van der Waals surface area (Å²) in [6.07, 6.45) is 3.71. The van der Waals surface area contributed by atoms with Crippen molar-refractivity contribution in [3.63, 3.8) is 0 Å². The lowest BCUT2D eigenvalue weighted by atomic mass is 10.00. The van der Waals surface area contributed by atoms with Crippen molar-refractivity contribution in [3.8, 4) is 0 Å². The van der Waals surface area contributed by atoms with Crippen molar-refractivity contribution < 1.29 is 23.4 Å². The fourth-order valence-corrected chi connectivity index (χ4v) is 3.66. The van der Waals surface area contributed by atoms with Crippen LogP contribution in [0, 0.1) is 0 Å². The number of hydrogen-bond donors (Lipinski definition) is 0. The number of carbonyl (C=O) groups excluding carboxylic acids is 1. The number of likely N-dealkylation sites (N-methyl/N-ethyl adjacent to an activating group) is 1. The molecule has 0 aromatic carbocycles. The molecule has 2 saturated heterocycles. The number of rotatable bonds is 6. The van der Waals surface area contributed by atoms with Gasteiger partial charge in [-0.2, -0.15) is 0 Å². The lowest BCUT2D eigenvalue weighted by Crippen LogP contribution is -2.48. The van der Waals surface area contributed by atoms with Gasteiger partial charge in [-0.05, 0) is 32.0 Å². The topological polar surface area (TPSA) is 64.4 Å². The minimum Gasteiger partial charge on any atom is -0.468 e. The molecule has 0 saturated carbocycles. The van der Waals surface area contributed by atoms with E-state index in [0.29, 0.717) is 26.3 Å². The average molecular weight is 352 g/mol. The van der Waals surface area contributed by atoms with Crippen LogP contribution < -0.4 is 0 Å². The zero-order valence-corrected chi connectivity index (χ0v) is 15.1. The minimum absolute atomic E-state index is 0.00522. The van der Waals surface area contributed by atoms with Crippen LogP contribution in [0.25, 0.3) is 0 Å². The summed E-state index contributed by atoms with van der Waals surface area (Å²) in [5.74, 6) is 0.943. The predicted octanol–water partition coefficient (Wildman–Crippen LogP) is 1.13. The first-order valence-corrected chi connectivity index (χ1v) is 8.83. The van der Waals surface area contributed by atoms with Gasteiger partial charge in [-0.1, -0.05) is 0 Å². The van der Waals surface area contributed by atoms with E-state index in [1.807, 2.05) is 17.0 Å². The molecule has 25 heavy (non-hydrogen) atoms. The lowest BCUT2D eigenvalue weighted by Gasteiger charge is -2.32. The van der Waals surface area contributed by atoms with Crippen LogP contribution in [-0.2, 0) is 25.5 Å². The fourth-order valence-electron chi connectivity index (χ4n) is 3.66. The Morgan fingerprint density at radius 3 is 3.16 bits per heavy atom. The van der Waals surface area contributed by atoms with Crippen molar-refractivity contribution in [3.05, 3.63) is 24.2 Å². The SMILES string of the molecule is COCC(=O)N1CCOC[C@@]2(CC[C@@H](CN(C)Cc3ccco3)O2)C1. The molecule has 3 heterocycles. The van der Waals surface area contributed by atoms with Crippen LogP contribution in [0.5, 0.6) is 0 Å². The smallest absolute Gasteiger partial charge is 0.248 e. The highest BCUT2D eigenvalue weighted by atomic mass is 16.6. The number of amides is 1. The number of ether oxygens (including phenoxy) is 3. The van der Waals surface area contributed by atoms with E-state index in [9.17, 15) is 4.79 Å². The summed E-state index contributed by atoms with van der Waals surface area (Å²) in [5.41, 5.74) is -0.393. The Morgan fingerprint density at radius 1 is 1.52 bits per heavy atom. The Bertz CT molecular complexity index is 550. The maximum atomic E-state index is 12.2. The summed E-state index contributed by atoms with van der Waals surface area (Å²) in [4.78, 5) is 16.2.